The molecular weight excluding hydrogens is 116 g/mol. The summed E-state index contributed by atoms with van der Waals surface area (Å²) in [5.74, 6) is 0.699. The van der Waals surface area contributed by atoms with Crippen molar-refractivity contribution in [2.45, 2.75) is 19.1 Å². The second-order valence-corrected chi connectivity index (χ2v) is 2.74. The van der Waals surface area contributed by atoms with Gasteiger partial charge in [0.1, 0.15) is 0 Å². The first-order chi connectivity index (χ1) is 4.38. The van der Waals surface area contributed by atoms with Crippen LogP contribution in [0.4, 0.5) is 0 Å². The first kappa shape index (κ1) is 5.61. The van der Waals surface area contributed by atoms with E-state index in [9.17, 15) is 0 Å². The molecule has 0 saturated carbocycles. The Bertz CT molecular complexity index is 116. The summed E-state index contributed by atoms with van der Waals surface area (Å²) in [6.07, 6.45) is 0.431. The van der Waals surface area contributed by atoms with E-state index in [1.807, 2.05) is 0 Å². The number of hydrogen-bond donors (Lipinski definition) is 4. The van der Waals surface area contributed by atoms with Gasteiger partial charge in [0.2, 0.25) is 0 Å². The molecule has 4 N–H and O–H groups in total. The molecule has 2 fully saturated rings. The monoisotopic (exact) mass is 128 g/mol. The van der Waals surface area contributed by atoms with Crippen LogP contribution in [0, 0.1) is 5.92 Å². The van der Waals surface area contributed by atoms with Crippen LogP contribution in [0.15, 0.2) is 0 Å². The van der Waals surface area contributed by atoms with E-state index in [0.717, 1.165) is 6.54 Å². The highest BCUT2D eigenvalue weighted by atomic mass is 15.6. The zero-order chi connectivity index (χ0) is 6.27. The highest BCUT2D eigenvalue weighted by molar-refractivity contribution is 4.90. The van der Waals surface area contributed by atoms with Crippen LogP contribution in [-0.2, 0) is 0 Å². The summed E-state index contributed by atoms with van der Waals surface area (Å²) in [4.78, 5) is 0. The second kappa shape index (κ2) is 1.91. The summed E-state index contributed by atoms with van der Waals surface area (Å²) < 4.78 is 0. The fourth-order valence-electron chi connectivity index (χ4n) is 1.45. The lowest BCUT2D eigenvalue weighted by Gasteiger charge is -2.07. The van der Waals surface area contributed by atoms with Crippen molar-refractivity contribution in [2.75, 3.05) is 6.54 Å². The second-order valence-electron chi connectivity index (χ2n) is 2.74. The average Bonchev–Trinajstić information content (AvgIpc) is 2.35. The van der Waals surface area contributed by atoms with Gasteiger partial charge >= 0.3 is 0 Å². The van der Waals surface area contributed by atoms with E-state index in [2.05, 4.69) is 28.6 Å². The first-order valence-electron chi connectivity index (χ1n) is 3.37. The molecule has 2 heterocycles. The number of rotatable bonds is 0. The minimum absolute atomic E-state index is 0.431. The van der Waals surface area contributed by atoms with Gasteiger partial charge in [0, 0.05) is 18.5 Å². The van der Waals surface area contributed by atoms with Crippen LogP contribution in [0.1, 0.15) is 6.92 Å². The molecule has 2 rings (SSSR count). The van der Waals surface area contributed by atoms with E-state index >= 15 is 0 Å². The fourth-order valence-corrected chi connectivity index (χ4v) is 1.45. The molecular formula is C5H12N4. The molecule has 3 unspecified atom stereocenters. The third kappa shape index (κ3) is 0.753. The minimum atomic E-state index is 0.431. The molecule has 0 aromatic rings. The van der Waals surface area contributed by atoms with Crippen LogP contribution in [0.5, 0.6) is 0 Å². The van der Waals surface area contributed by atoms with Crippen molar-refractivity contribution in [3.05, 3.63) is 0 Å². The van der Waals surface area contributed by atoms with E-state index in [0.29, 0.717) is 18.1 Å². The third-order valence-electron chi connectivity index (χ3n) is 2.13. The molecule has 0 radical (unpaired) electrons. The van der Waals surface area contributed by atoms with E-state index in [1.165, 1.54) is 0 Å². The molecule has 2 saturated heterocycles. The van der Waals surface area contributed by atoms with Crippen molar-refractivity contribution in [1.82, 2.24) is 21.7 Å². The van der Waals surface area contributed by atoms with Crippen LogP contribution in [0.25, 0.3) is 0 Å². The molecule has 9 heavy (non-hydrogen) atoms. The van der Waals surface area contributed by atoms with Crippen LogP contribution in [-0.4, -0.2) is 18.8 Å². The van der Waals surface area contributed by atoms with E-state index in [4.69, 9.17) is 0 Å². The largest absolute Gasteiger partial charge is 0.256 e. The van der Waals surface area contributed by atoms with Gasteiger partial charge in [-0.3, -0.25) is 10.9 Å². The van der Waals surface area contributed by atoms with Gasteiger partial charge in [0.25, 0.3) is 0 Å². The van der Waals surface area contributed by atoms with E-state index in [-0.39, 0.29) is 0 Å². The molecule has 0 bridgehead atoms. The Labute approximate surface area is 54.3 Å². The molecule has 4 heteroatoms. The minimum Gasteiger partial charge on any atom is -0.256 e. The summed E-state index contributed by atoms with van der Waals surface area (Å²) in [5, 5.41) is 0. The standard InChI is InChI=1S/C5H12N4/c1-3-4-2-6-8-5(4)9-7-3/h3-9H,2H2,1H3. The van der Waals surface area contributed by atoms with Crippen molar-refractivity contribution in [3.63, 3.8) is 0 Å². The summed E-state index contributed by atoms with van der Waals surface area (Å²) in [5.41, 5.74) is 12.5. The Morgan fingerprint density at radius 2 is 2.11 bits per heavy atom. The van der Waals surface area contributed by atoms with Crippen molar-refractivity contribution in [2.24, 2.45) is 5.92 Å². The smallest absolute Gasteiger partial charge is 0.0887 e. The predicted molar refractivity (Wildman–Crippen MR) is 34.1 cm³/mol. The highest BCUT2D eigenvalue weighted by Gasteiger charge is 2.36. The van der Waals surface area contributed by atoms with Crippen LogP contribution < -0.4 is 21.7 Å². The molecule has 4 nitrogen and oxygen atoms in total. The lowest BCUT2D eigenvalue weighted by atomic mass is 10.0. The lowest BCUT2D eigenvalue weighted by molar-refractivity contribution is 0.458. The molecule has 0 aromatic carbocycles. The molecule has 0 aromatic heterocycles. The zero-order valence-corrected chi connectivity index (χ0v) is 5.44. The van der Waals surface area contributed by atoms with Crippen molar-refractivity contribution in [1.29, 1.82) is 0 Å². The van der Waals surface area contributed by atoms with E-state index in [1.54, 1.807) is 0 Å². The van der Waals surface area contributed by atoms with Gasteiger partial charge in [-0.1, -0.05) is 0 Å². The van der Waals surface area contributed by atoms with Gasteiger partial charge in [-0.25, -0.2) is 10.9 Å². The maximum Gasteiger partial charge on any atom is 0.0887 e. The molecule has 3 atom stereocenters. The number of hydrogen-bond acceptors (Lipinski definition) is 4. The van der Waals surface area contributed by atoms with Crippen molar-refractivity contribution < 1.29 is 0 Å². The zero-order valence-electron chi connectivity index (χ0n) is 5.44. The maximum atomic E-state index is 3.17. The predicted octanol–water partition coefficient (Wildman–Crippen LogP) is -1.47. The number of hydrazine groups is 2. The van der Waals surface area contributed by atoms with E-state index < -0.39 is 0 Å². The Balaban J connectivity index is 2.07. The van der Waals surface area contributed by atoms with Crippen LogP contribution in [0.3, 0.4) is 0 Å². The van der Waals surface area contributed by atoms with Gasteiger partial charge in [-0.15, -0.1) is 0 Å². The Morgan fingerprint density at radius 1 is 1.22 bits per heavy atom. The van der Waals surface area contributed by atoms with Gasteiger partial charge in [0.05, 0.1) is 6.17 Å². The Kier molecular flexibility index (Phi) is 1.19. The SMILES string of the molecule is CC1NNC2NNCC12. The fraction of sp³-hybridized carbons (Fsp3) is 1.00. The number of fused-ring (bicyclic) bond motifs is 1. The summed E-state index contributed by atoms with van der Waals surface area (Å²) in [6.45, 7) is 3.25. The average molecular weight is 128 g/mol. The maximum absolute atomic E-state index is 3.17. The summed E-state index contributed by atoms with van der Waals surface area (Å²) in [7, 11) is 0. The summed E-state index contributed by atoms with van der Waals surface area (Å²) in [6, 6.07) is 0.581. The molecule has 0 amide bonds. The van der Waals surface area contributed by atoms with Crippen LogP contribution in [0.2, 0.25) is 0 Å². The van der Waals surface area contributed by atoms with Crippen molar-refractivity contribution in [3.8, 4) is 0 Å². The quantitative estimate of drug-likeness (QED) is 0.322. The van der Waals surface area contributed by atoms with Crippen molar-refractivity contribution >= 4 is 0 Å². The Morgan fingerprint density at radius 3 is 2.89 bits per heavy atom. The lowest BCUT2D eigenvalue weighted by Crippen LogP contribution is -2.43. The Hall–Kier alpha value is -0.160. The summed E-state index contributed by atoms with van der Waals surface area (Å²) >= 11 is 0. The van der Waals surface area contributed by atoms with Gasteiger partial charge in [-0.05, 0) is 6.92 Å². The topological polar surface area (TPSA) is 48.1 Å². The molecule has 0 spiro atoms. The normalized spacial score (nSPS) is 49.7. The molecule has 52 valence electrons. The van der Waals surface area contributed by atoms with Gasteiger partial charge in [0.15, 0.2) is 0 Å². The highest BCUT2D eigenvalue weighted by Crippen LogP contribution is 2.13. The molecule has 2 aliphatic rings. The van der Waals surface area contributed by atoms with Gasteiger partial charge < -0.3 is 0 Å². The van der Waals surface area contributed by atoms with Crippen LogP contribution >= 0.6 is 0 Å². The molecule has 0 aliphatic carbocycles. The third-order valence-corrected chi connectivity index (χ3v) is 2.13. The number of nitrogens with one attached hydrogen (secondary N) is 4. The molecule has 2 aliphatic heterocycles. The van der Waals surface area contributed by atoms with Gasteiger partial charge in [-0.2, -0.15) is 0 Å². The first-order valence-corrected chi connectivity index (χ1v) is 3.37.